The van der Waals surface area contributed by atoms with E-state index in [9.17, 15) is 13.2 Å². The van der Waals surface area contributed by atoms with Gasteiger partial charge < -0.3 is 15.0 Å². The van der Waals surface area contributed by atoms with Gasteiger partial charge in [-0.1, -0.05) is 30.9 Å². The lowest BCUT2D eigenvalue weighted by atomic mass is 9.93. The summed E-state index contributed by atoms with van der Waals surface area (Å²) in [6.07, 6.45) is 5.82. The fraction of sp³-hybridized carbons (Fsp3) is 0.632. The molecule has 1 heterocycles. The van der Waals surface area contributed by atoms with Gasteiger partial charge in [0.1, 0.15) is 5.75 Å². The molecule has 1 atom stereocenters. The number of nitrogens with one attached hydrogen (secondary N) is 1. The van der Waals surface area contributed by atoms with Crippen molar-refractivity contribution in [3.05, 3.63) is 23.2 Å². The number of carbonyl (C=O) groups excluding carboxylic acids is 1. The zero-order valence-corrected chi connectivity index (χ0v) is 17.2. The number of sulfone groups is 1. The van der Waals surface area contributed by atoms with Crippen molar-refractivity contribution in [2.45, 2.75) is 50.6 Å². The molecule has 0 radical (unpaired) electrons. The van der Waals surface area contributed by atoms with E-state index in [-0.39, 0.29) is 36.0 Å². The summed E-state index contributed by atoms with van der Waals surface area (Å²) in [4.78, 5) is 14.9. The van der Waals surface area contributed by atoms with E-state index in [4.69, 9.17) is 16.3 Å². The Bertz CT molecular complexity index is 778. The van der Waals surface area contributed by atoms with E-state index in [1.54, 1.807) is 19.2 Å². The summed E-state index contributed by atoms with van der Waals surface area (Å²) >= 11 is 6.14. The monoisotopic (exact) mass is 414 g/mol. The second kappa shape index (κ2) is 8.69. The number of hydrogen-bond donors (Lipinski definition) is 1. The van der Waals surface area contributed by atoms with Gasteiger partial charge in [-0.25, -0.2) is 8.42 Å². The first-order chi connectivity index (χ1) is 12.9. The summed E-state index contributed by atoms with van der Waals surface area (Å²) in [6.45, 7) is 0.121. The molecule has 1 amide bonds. The van der Waals surface area contributed by atoms with E-state index in [2.05, 4.69) is 5.32 Å². The van der Waals surface area contributed by atoms with Crippen molar-refractivity contribution in [1.29, 1.82) is 0 Å². The summed E-state index contributed by atoms with van der Waals surface area (Å²) in [7, 11) is -1.49. The third-order valence-corrected chi connectivity index (χ3v) is 7.50. The summed E-state index contributed by atoms with van der Waals surface area (Å²) in [5, 5.41) is 3.59. The second-order valence-corrected chi connectivity index (χ2v) is 9.99. The molecule has 2 aliphatic rings. The minimum absolute atomic E-state index is 0.0454. The van der Waals surface area contributed by atoms with Gasteiger partial charge in [0.25, 0.3) is 0 Å². The Morgan fingerprint density at radius 2 is 1.96 bits per heavy atom. The highest BCUT2D eigenvalue weighted by atomic mass is 35.5. The molecular weight excluding hydrogens is 388 g/mol. The number of benzene rings is 1. The van der Waals surface area contributed by atoms with E-state index in [0.29, 0.717) is 17.2 Å². The number of amides is 1. The van der Waals surface area contributed by atoms with Gasteiger partial charge in [0.05, 0.1) is 30.2 Å². The molecule has 1 saturated heterocycles. The lowest BCUT2D eigenvalue weighted by Crippen LogP contribution is -2.50. The minimum atomic E-state index is -3.04. The molecule has 1 aromatic rings. The van der Waals surface area contributed by atoms with Gasteiger partial charge in [0.15, 0.2) is 9.84 Å². The quantitative estimate of drug-likeness (QED) is 0.774. The predicted octanol–water partition coefficient (Wildman–Crippen LogP) is 3.11. The van der Waals surface area contributed by atoms with Crippen molar-refractivity contribution in [3.63, 3.8) is 0 Å². The molecule has 3 rings (SSSR count). The number of rotatable bonds is 6. The van der Waals surface area contributed by atoms with Crippen LogP contribution in [-0.4, -0.2) is 56.5 Å². The number of anilines is 1. The molecule has 0 bridgehead atoms. The molecule has 8 heteroatoms. The molecular formula is C19H27ClN2O4S. The SMILES string of the molecule is COc1ccc(NCC(=O)N(C2CCCCC2)C2CCS(=O)(=O)C2)cc1Cl. The Morgan fingerprint density at radius 3 is 2.56 bits per heavy atom. The molecule has 2 fully saturated rings. The van der Waals surface area contributed by atoms with Crippen molar-refractivity contribution in [3.8, 4) is 5.75 Å². The van der Waals surface area contributed by atoms with E-state index in [1.807, 2.05) is 11.0 Å². The van der Waals surface area contributed by atoms with Crippen LogP contribution in [0.3, 0.4) is 0 Å². The van der Waals surface area contributed by atoms with Gasteiger partial charge in [-0.05, 0) is 37.5 Å². The zero-order chi connectivity index (χ0) is 19.4. The van der Waals surface area contributed by atoms with E-state index >= 15 is 0 Å². The average molecular weight is 415 g/mol. The first-order valence-electron chi connectivity index (χ1n) is 9.48. The van der Waals surface area contributed by atoms with Crippen molar-refractivity contribution < 1.29 is 17.9 Å². The number of carbonyl (C=O) groups is 1. The molecule has 150 valence electrons. The summed E-state index contributed by atoms with van der Waals surface area (Å²) < 4.78 is 29.0. The average Bonchev–Trinajstić information content (AvgIpc) is 3.00. The van der Waals surface area contributed by atoms with Gasteiger partial charge in [-0.15, -0.1) is 0 Å². The van der Waals surface area contributed by atoms with E-state index in [1.165, 1.54) is 6.42 Å². The molecule has 1 aliphatic carbocycles. The number of nitrogens with zero attached hydrogens (tertiary/aromatic N) is 1. The molecule has 1 saturated carbocycles. The smallest absolute Gasteiger partial charge is 0.242 e. The summed E-state index contributed by atoms with van der Waals surface area (Å²) in [5.41, 5.74) is 0.733. The normalized spacial score (nSPS) is 22.4. The molecule has 0 spiro atoms. The van der Waals surface area contributed by atoms with Crippen LogP contribution in [-0.2, 0) is 14.6 Å². The van der Waals surface area contributed by atoms with Crippen LogP contribution >= 0.6 is 11.6 Å². The lowest BCUT2D eigenvalue weighted by molar-refractivity contribution is -0.134. The van der Waals surface area contributed by atoms with Gasteiger partial charge in [0.2, 0.25) is 5.91 Å². The Labute approximate surface area is 166 Å². The Balaban J connectivity index is 1.69. The van der Waals surface area contributed by atoms with Crippen LogP contribution in [0.15, 0.2) is 18.2 Å². The summed E-state index contributed by atoms with van der Waals surface area (Å²) in [6, 6.07) is 5.22. The van der Waals surface area contributed by atoms with Crippen LogP contribution in [0.1, 0.15) is 38.5 Å². The van der Waals surface area contributed by atoms with Crippen LogP contribution in [0.5, 0.6) is 5.75 Å². The van der Waals surface area contributed by atoms with Crippen molar-refractivity contribution in [2.75, 3.05) is 30.5 Å². The fourth-order valence-electron chi connectivity index (χ4n) is 4.10. The largest absolute Gasteiger partial charge is 0.495 e. The standard InChI is InChI=1S/C19H27ClN2O4S/c1-26-18-8-7-14(11-17(18)20)21-12-19(23)22(15-5-3-2-4-6-15)16-9-10-27(24,25)13-16/h7-8,11,15-16,21H,2-6,9-10,12-13H2,1H3. The van der Waals surface area contributed by atoms with Crippen LogP contribution in [0, 0.1) is 0 Å². The molecule has 0 aromatic heterocycles. The maximum Gasteiger partial charge on any atom is 0.242 e. The Hall–Kier alpha value is -1.47. The highest BCUT2D eigenvalue weighted by molar-refractivity contribution is 7.91. The van der Waals surface area contributed by atoms with Crippen LogP contribution < -0.4 is 10.1 Å². The van der Waals surface area contributed by atoms with Crippen molar-refractivity contribution in [1.82, 2.24) is 4.90 Å². The fourth-order valence-corrected chi connectivity index (χ4v) is 6.07. The van der Waals surface area contributed by atoms with Gasteiger partial charge in [-0.3, -0.25) is 4.79 Å². The van der Waals surface area contributed by atoms with Crippen LogP contribution in [0.2, 0.25) is 5.02 Å². The maximum absolute atomic E-state index is 13.0. The first-order valence-corrected chi connectivity index (χ1v) is 11.7. The molecule has 1 unspecified atom stereocenters. The minimum Gasteiger partial charge on any atom is -0.495 e. The Morgan fingerprint density at radius 1 is 1.22 bits per heavy atom. The van der Waals surface area contributed by atoms with E-state index < -0.39 is 9.84 Å². The zero-order valence-electron chi connectivity index (χ0n) is 15.6. The third-order valence-electron chi connectivity index (χ3n) is 5.45. The van der Waals surface area contributed by atoms with Gasteiger partial charge in [-0.2, -0.15) is 0 Å². The predicted molar refractivity (Wildman–Crippen MR) is 107 cm³/mol. The summed E-state index contributed by atoms with van der Waals surface area (Å²) in [5.74, 6) is 0.795. The van der Waals surface area contributed by atoms with Crippen molar-refractivity contribution in [2.24, 2.45) is 0 Å². The van der Waals surface area contributed by atoms with E-state index in [0.717, 1.165) is 31.4 Å². The number of halogens is 1. The lowest BCUT2D eigenvalue weighted by Gasteiger charge is -2.38. The van der Waals surface area contributed by atoms with Crippen LogP contribution in [0.25, 0.3) is 0 Å². The molecule has 1 aromatic carbocycles. The number of methoxy groups -OCH3 is 1. The Kier molecular flexibility index (Phi) is 6.52. The molecule has 6 nitrogen and oxygen atoms in total. The van der Waals surface area contributed by atoms with Crippen LogP contribution in [0.4, 0.5) is 5.69 Å². The number of hydrogen-bond acceptors (Lipinski definition) is 5. The topological polar surface area (TPSA) is 75.7 Å². The van der Waals surface area contributed by atoms with Gasteiger partial charge in [0, 0.05) is 17.8 Å². The number of ether oxygens (including phenoxy) is 1. The first kappa shape index (κ1) is 20.3. The molecule has 27 heavy (non-hydrogen) atoms. The molecule has 1 aliphatic heterocycles. The molecule has 1 N–H and O–H groups in total. The van der Waals surface area contributed by atoms with Crippen molar-refractivity contribution >= 4 is 33.0 Å². The maximum atomic E-state index is 13.0. The highest BCUT2D eigenvalue weighted by Gasteiger charge is 2.38. The second-order valence-electron chi connectivity index (χ2n) is 7.35. The third kappa shape index (κ3) is 5.08. The highest BCUT2D eigenvalue weighted by Crippen LogP contribution is 2.29. The van der Waals surface area contributed by atoms with Gasteiger partial charge >= 0.3 is 0 Å².